The van der Waals surface area contributed by atoms with Gasteiger partial charge in [-0.1, -0.05) is 13.0 Å². The van der Waals surface area contributed by atoms with Crippen molar-refractivity contribution in [1.29, 1.82) is 0 Å². The second kappa shape index (κ2) is 8.99. The molecule has 0 aliphatic rings. The molecule has 6 heteroatoms. The number of nitrogens with one attached hydrogen (secondary N) is 1. The van der Waals surface area contributed by atoms with E-state index in [0.29, 0.717) is 18.4 Å². The van der Waals surface area contributed by atoms with Crippen molar-refractivity contribution >= 4 is 29.9 Å². The predicted molar refractivity (Wildman–Crippen MR) is 93.7 cm³/mol. The van der Waals surface area contributed by atoms with Gasteiger partial charge in [0.1, 0.15) is 5.60 Å². The molecule has 0 bridgehead atoms. The van der Waals surface area contributed by atoms with Crippen molar-refractivity contribution in [2.45, 2.75) is 46.3 Å². The molecule has 0 saturated carbocycles. The number of pyridine rings is 1. The number of nitrogens with two attached hydrogens (primary N) is 1. The average molecular weight is 392 g/mol. The van der Waals surface area contributed by atoms with E-state index >= 15 is 0 Å². The van der Waals surface area contributed by atoms with Gasteiger partial charge in [0.05, 0.1) is 6.54 Å². The van der Waals surface area contributed by atoms with Crippen LogP contribution < -0.4 is 15.8 Å². The summed E-state index contributed by atoms with van der Waals surface area (Å²) >= 11 is 0. The minimum Gasteiger partial charge on any atom is -0.472 e. The number of aromatic nitrogens is 1. The van der Waals surface area contributed by atoms with E-state index in [1.165, 1.54) is 0 Å². The lowest BCUT2D eigenvalue weighted by Crippen LogP contribution is -2.32. The van der Waals surface area contributed by atoms with Crippen LogP contribution in [-0.4, -0.2) is 23.1 Å². The summed E-state index contributed by atoms with van der Waals surface area (Å²) in [6.07, 6.45) is 2.79. The van der Waals surface area contributed by atoms with Crippen LogP contribution in [0, 0.1) is 0 Å². The predicted octanol–water partition coefficient (Wildman–Crippen LogP) is 2.69. The van der Waals surface area contributed by atoms with Crippen LogP contribution >= 0.6 is 24.0 Å². The number of hydrogen-bond acceptors (Lipinski definition) is 3. The van der Waals surface area contributed by atoms with Gasteiger partial charge in [0.25, 0.3) is 0 Å². The molecule has 0 radical (unpaired) electrons. The van der Waals surface area contributed by atoms with Crippen LogP contribution in [0.5, 0.6) is 5.88 Å². The molecule has 0 aromatic carbocycles. The fourth-order valence-corrected chi connectivity index (χ4v) is 1.36. The summed E-state index contributed by atoms with van der Waals surface area (Å²) in [5.41, 5.74) is 6.48. The van der Waals surface area contributed by atoms with Crippen LogP contribution in [0.4, 0.5) is 0 Å². The zero-order valence-corrected chi connectivity index (χ0v) is 15.0. The Balaban J connectivity index is 0.00000361. The second-order valence-corrected chi connectivity index (χ2v) is 5.35. The summed E-state index contributed by atoms with van der Waals surface area (Å²) in [5, 5.41) is 3.03. The van der Waals surface area contributed by atoms with E-state index in [9.17, 15) is 0 Å². The first-order valence-electron chi connectivity index (χ1n) is 6.58. The van der Waals surface area contributed by atoms with Crippen molar-refractivity contribution in [1.82, 2.24) is 10.3 Å². The third-order valence-electron chi connectivity index (χ3n) is 2.20. The van der Waals surface area contributed by atoms with Crippen molar-refractivity contribution < 1.29 is 4.74 Å². The van der Waals surface area contributed by atoms with Crippen molar-refractivity contribution in [3.05, 3.63) is 23.9 Å². The van der Waals surface area contributed by atoms with Crippen LogP contribution in [-0.2, 0) is 6.54 Å². The second-order valence-electron chi connectivity index (χ2n) is 5.35. The van der Waals surface area contributed by atoms with Gasteiger partial charge in [0.15, 0.2) is 5.96 Å². The largest absolute Gasteiger partial charge is 0.472 e. The molecular formula is C14H25IN4O. The molecule has 1 aromatic heterocycles. The van der Waals surface area contributed by atoms with Crippen LogP contribution in [0.3, 0.4) is 0 Å². The van der Waals surface area contributed by atoms with Crippen molar-refractivity contribution in [3.8, 4) is 5.88 Å². The number of rotatable bonds is 5. The van der Waals surface area contributed by atoms with Crippen molar-refractivity contribution in [2.75, 3.05) is 6.54 Å². The standard InChI is InChI=1S/C14H24N4O.HI/c1-5-8-16-13(15)18-10-11-6-7-12(17-9-11)19-14(2,3)4;/h6-7,9H,5,8,10H2,1-4H3,(H3,15,16,18);1H. The summed E-state index contributed by atoms with van der Waals surface area (Å²) in [4.78, 5) is 8.49. The summed E-state index contributed by atoms with van der Waals surface area (Å²) in [6.45, 7) is 9.42. The summed E-state index contributed by atoms with van der Waals surface area (Å²) in [6, 6.07) is 3.80. The van der Waals surface area contributed by atoms with E-state index in [0.717, 1.165) is 18.5 Å². The van der Waals surface area contributed by atoms with Gasteiger partial charge in [-0.2, -0.15) is 0 Å². The van der Waals surface area contributed by atoms with Gasteiger partial charge in [-0.25, -0.2) is 9.98 Å². The van der Waals surface area contributed by atoms with Gasteiger partial charge < -0.3 is 15.8 Å². The Morgan fingerprint density at radius 2 is 2.10 bits per heavy atom. The zero-order valence-electron chi connectivity index (χ0n) is 12.6. The van der Waals surface area contributed by atoms with E-state index in [4.69, 9.17) is 10.5 Å². The summed E-state index contributed by atoms with van der Waals surface area (Å²) in [5.74, 6) is 1.09. The minimum absolute atomic E-state index is 0. The van der Waals surface area contributed by atoms with Gasteiger partial charge in [-0.15, -0.1) is 24.0 Å². The Kier molecular flexibility index (Phi) is 8.52. The Bertz CT molecular complexity index is 412. The molecule has 0 aliphatic heterocycles. The molecule has 20 heavy (non-hydrogen) atoms. The number of nitrogens with zero attached hydrogens (tertiary/aromatic N) is 2. The smallest absolute Gasteiger partial charge is 0.213 e. The number of aliphatic imine (C=N–C) groups is 1. The maximum Gasteiger partial charge on any atom is 0.213 e. The van der Waals surface area contributed by atoms with Gasteiger partial charge in [-0.05, 0) is 32.8 Å². The first kappa shape index (κ1) is 18.9. The van der Waals surface area contributed by atoms with Gasteiger partial charge in [0.2, 0.25) is 5.88 Å². The lowest BCUT2D eigenvalue weighted by molar-refractivity contribution is 0.124. The average Bonchev–Trinajstić information content (AvgIpc) is 2.33. The summed E-state index contributed by atoms with van der Waals surface area (Å²) in [7, 11) is 0. The fraction of sp³-hybridized carbons (Fsp3) is 0.571. The van der Waals surface area contributed by atoms with E-state index in [-0.39, 0.29) is 29.6 Å². The topological polar surface area (TPSA) is 72.5 Å². The van der Waals surface area contributed by atoms with E-state index < -0.39 is 0 Å². The van der Waals surface area contributed by atoms with Crippen molar-refractivity contribution in [3.63, 3.8) is 0 Å². The Labute approximate surface area is 138 Å². The van der Waals surface area contributed by atoms with Crippen LogP contribution in [0.15, 0.2) is 23.3 Å². The Hall–Kier alpha value is -1.05. The quantitative estimate of drug-likeness (QED) is 0.459. The highest BCUT2D eigenvalue weighted by molar-refractivity contribution is 14.0. The molecule has 0 unspecified atom stereocenters. The van der Waals surface area contributed by atoms with Gasteiger partial charge in [-0.3, -0.25) is 0 Å². The van der Waals surface area contributed by atoms with Crippen LogP contribution in [0.25, 0.3) is 0 Å². The molecule has 0 saturated heterocycles. The molecule has 0 aliphatic carbocycles. The third kappa shape index (κ3) is 8.19. The molecular weight excluding hydrogens is 367 g/mol. The highest BCUT2D eigenvalue weighted by Gasteiger charge is 2.12. The monoisotopic (exact) mass is 392 g/mol. The molecule has 0 spiro atoms. The normalized spacial score (nSPS) is 11.7. The van der Waals surface area contributed by atoms with Crippen LogP contribution in [0.1, 0.15) is 39.7 Å². The maximum absolute atomic E-state index is 5.71. The fourth-order valence-electron chi connectivity index (χ4n) is 1.36. The highest BCUT2D eigenvalue weighted by atomic mass is 127. The number of hydrogen-bond donors (Lipinski definition) is 2. The molecule has 0 fully saturated rings. The third-order valence-corrected chi connectivity index (χ3v) is 2.20. The number of guanidine groups is 1. The molecule has 3 N–H and O–H groups in total. The van der Waals surface area contributed by atoms with Crippen molar-refractivity contribution in [2.24, 2.45) is 10.7 Å². The first-order valence-corrected chi connectivity index (χ1v) is 6.58. The molecule has 0 amide bonds. The van der Waals surface area contributed by atoms with Gasteiger partial charge in [0, 0.05) is 18.8 Å². The molecule has 0 atom stereocenters. The number of ether oxygens (including phenoxy) is 1. The lowest BCUT2D eigenvalue weighted by Gasteiger charge is -2.20. The molecule has 1 rings (SSSR count). The minimum atomic E-state index is -0.235. The molecule has 114 valence electrons. The molecule has 1 aromatic rings. The SMILES string of the molecule is CCCNC(N)=NCc1ccc(OC(C)(C)C)nc1.I. The van der Waals surface area contributed by atoms with E-state index in [1.807, 2.05) is 32.9 Å². The molecule has 5 nitrogen and oxygen atoms in total. The highest BCUT2D eigenvalue weighted by Crippen LogP contribution is 2.15. The first-order chi connectivity index (χ1) is 8.90. The van der Waals surface area contributed by atoms with E-state index in [1.54, 1.807) is 6.20 Å². The Morgan fingerprint density at radius 1 is 1.40 bits per heavy atom. The van der Waals surface area contributed by atoms with E-state index in [2.05, 4.69) is 22.2 Å². The van der Waals surface area contributed by atoms with Crippen LogP contribution in [0.2, 0.25) is 0 Å². The summed E-state index contributed by atoms with van der Waals surface area (Å²) < 4.78 is 5.65. The maximum atomic E-state index is 5.71. The Morgan fingerprint density at radius 3 is 2.60 bits per heavy atom. The molecule has 1 heterocycles. The zero-order chi connectivity index (χ0) is 14.3. The number of halogens is 1. The lowest BCUT2D eigenvalue weighted by atomic mass is 10.2. The van der Waals surface area contributed by atoms with Gasteiger partial charge >= 0.3 is 0 Å².